The molecule has 16 heteroatoms. The van der Waals surface area contributed by atoms with E-state index in [0.717, 1.165) is 9.87 Å². The van der Waals surface area contributed by atoms with E-state index in [-0.39, 0.29) is 49.1 Å². The van der Waals surface area contributed by atoms with Crippen LogP contribution in [-0.2, 0) is 35.6 Å². The van der Waals surface area contributed by atoms with Crippen molar-refractivity contribution in [1.29, 1.82) is 0 Å². The summed E-state index contributed by atoms with van der Waals surface area (Å²) in [7, 11) is -2.55. The first-order valence-corrected chi connectivity index (χ1v) is 19.1. The predicted molar refractivity (Wildman–Crippen MR) is 204 cm³/mol. The molecule has 15 nitrogen and oxygen atoms in total. The van der Waals surface area contributed by atoms with E-state index in [1.54, 1.807) is 48.5 Å². The SMILES string of the molecule is Cc1ccccc1NC(=O)Nc1ccc(CC(=O)N(C)[C@@H](CC(C)C)C(=O)NCC[C@H](NC(=O)C2C[C@@H](N)CN2S(=O)(=O)c2ccccc2)C(=O)O)cc1. The normalized spacial score (nSPS) is 16.9. The molecule has 3 aromatic rings. The van der Waals surface area contributed by atoms with E-state index in [2.05, 4.69) is 21.3 Å². The lowest BCUT2D eigenvalue weighted by Crippen LogP contribution is -2.52. The Kier molecular flexibility index (Phi) is 14.3. The van der Waals surface area contributed by atoms with E-state index in [0.29, 0.717) is 23.4 Å². The van der Waals surface area contributed by atoms with E-state index in [1.165, 1.54) is 24.1 Å². The predicted octanol–water partition coefficient (Wildman–Crippen LogP) is 2.92. The van der Waals surface area contributed by atoms with Crippen LogP contribution in [0.3, 0.4) is 0 Å². The van der Waals surface area contributed by atoms with Crippen LogP contribution in [0.15, 0.2) is 83.8 Å². The Hall–Kier alpha value is -5.32. The van der Waals surface area contributed by atoms with Crippen molar-refractivity contribution in [2.75, 3.05) is 30.8 Å². The molecule has 4 rings (SSSR count). The van der Waals surface area contributed by atoms with Gasteiger partial charge in [0, 0.05) is 37.6 Å². The molecule has 0 bridgehead atoms. The fourth-order valence-electron chi connectivity index (χ4n) is 6.12. The number of urea groups is 1. The number of hydrogen-bond acceptors (Lipinski definition) is 8. The van der Waals surface area contributed by atoms with Gasteiger partial charge >= 0.3 is 12.0 Å². The number of anilines is 2. The summed E-state index contributed by atoms with van der Waals surface area (Å²) in [5, 5.41) is 20.6. The summed E-state index contributed by atoms with van der Waals surface area (Å²) in [5.41, 5.74) is 8.83. The topological polar surface area (TPSA) is 220 Å². The Bertz CT molecular complexity index is 1910. The lowest BCUT2D eigenvalue weighted by atomic mass is 10.0. The molecule has 1 unspecified atom stereocenters. The number of nitrogens with zero attached hydrogens (tertiary/aromatic N) is 2. The van der Waals surface area contributed by atoms with Crippen molar-refractivity contribution in [2.24, 2.45) is 11.7 Å². The molecule has 290 valence electrons. The Morgan fingerprint density at radius 3 is 2.22 bits per heavy atom. The fourth-order valence-corrected chi connectivity index (χ4v) is 7.79. The molecular weight excluding hydrogens is 715 g/mol. The molecule has 7 N–H and O–H groups in total. The van der Waals surface area contributed by atoms with E-state index in [4.69, 9.17) is 5.73 Å². The molecule has 4 atom stereocenters. The number of likely N-dealkylation sites (N-methyl/N-ethyl adjacent to an activating group) is 1. The van der Waals surface area contributed by atoms with Crippen LogP contribution in [0.25, 0.3) is 0 Å². The first kappa shape index (κ1) is 41.4. The van der Waals surface area contributed by atoms with Gasteiger partial charge in [0.2, 0.25) is 27.7 Å². The number of para-hydroxylation sites is 1. The average molecular weight is 764 g/mol. The maximum Gasteiger partial charge on any atom is 0.326 e. The number of hydrogen-bond donors (Lipinski definition) is 6. The Labute approximate surface area is 315 Å². The van der Waals surface area contributed by atoms with Crippen molar-refractivity contribution in [3.05, 3.63) is 90.0 Å². The van der Waals surface area contributed by atoms with E-state index in [9.17, 15) is 37.5 Å². The number of carboxylic acids is 1. The Balaban J connectivity index is 1.32. The van der Waals surface area contributed by atoms with Gasteiger partial charge in [0.25, 0.3) is 0 Å². The Morgan fingerprint density at radius 2 is 1.59 bits per heavy atom. The smallest absolute Gasteiger partial charge is 0.326 e. The molecule has 0 aliphatic carbocycles. The summed E-state index contributed by atoms with van der Waals surface area (Å²) in [6.07, 6.45) is 0.125. The number of aliphatic carboxylic acids is 1. The molecule has 0 saturated carbocycles. The molecule has 1 fully saturated rings. The van der Waals surface area contributed by atoms with Gasteiger partial charge in [-0.1, -0.05) is 62.4 Å². The number of nitrogens with one attached hydrogen (secondary N) is 4. The quantitative estimate of drug-likeness (QED) is 0.126. The van der Waals surface area contributed by atoms with Gasteiger partial charge in [0.1, 0.15) is 18.1 Å². The van der Waals surface area contributed by atoms with Crippen molar-refractivity contribution in [1.82, 2.24) is 19.8 Å². The second-order valence-corrected chi connectivity index (χ2v) is 15.7. The molecule has 0 radical (unpaired) electrons. The highest BCUT2D eigenvalue weighted by Crippen LogP contribution is 2.26. The zero-order chi connectivity index (χ0) is 39.6. The van der Waals surface area contributed by atoms with Gasteiger partial charge in [0.15, 0.2) is 0 Å². The van der Waals surface area contributed by atoms with Crippen LogP contribution in [0.1, 0.15) is 44.2 Å². The van der Waals surface area contributed by atoms with Crippen molar-refractivity contribution in [3.8, 4) is 0 Å². The number of sulfonamides is 1. The molecule has 1 aliphatic rings. The van der Waals surface area contributed by atoms with E-state index >= 15 is 0 Å². The number of amides is 5. The third kappa shape index (κ3) is 11.1. The number of rotatable bonds is 16. The van der Waals surface area contributed by atoms with Crippen LogP contribution in [-0.4, -0.2) is 96.8 Å². The van der Waals surface area contributed by atoms with Crippen LogP contribution < -0.4 is 27.0 Å². The van der Waals surface area contributed by atoms with E-state index < -0.39 is 58.0 Å². The number of benzene rings is 3. The first-order chi connectivity index (χ1) is 25.6. The molecule has 1 saturated heterocycles. The largest absolute Gasteiger partial charge is 0.480 e. The average Bonchev–Trinajstić information content (AvgIpc) is 3.54. The molecule has 0 spiro atoms. The summed E-state index contributed by atoms with van der Waals surface area (Å²) in [4.78, 5) is 66.0. The number of carbonyl (C=O) groups is 5. The van der Waals surface area contributed by atoms with Gasteiger partial charge in [-0.15, -0.1) is 0 Å². The number of aryl methyl sites for hydroxylation is 1. The molecule has 1 heterocycles. The molecule has 0 aromatic heterocycles. The summed E-state index contributed by atoms with van der Waals surface area (Å²) in [6.45, 7) is 5.45. The maximum atomic E-state index is 13.4. The van der Waals surface area contributed by atoms with E-state index in [1.807, 2.05) is 39.0 Å². The minimum absolute atomic E-state index is 0.00486. The zero-order valence-corrected chi connectivity index (χ0v) is 31.6. The molecule has 5 amide bonds. The van der Waals surface area contributed by atoms with Gasteiger partial charge in [-0.3, -0.25) is 14.4 Å². The highest BCUT2D eigenvalue weighted by atomic mass is 32.2. The summed E-state index contributed by atoms with van der Waals surface area (Å²) in [6, 6.07) is 17.2. The minimum atomic E-state index is -4.08. The molecule has 1 aliphatic heterocycles. The third-order valence-electron chi connectivity index (χ3n) is 9.11. The monoisotopic (exact) mass is 763 g/mol. The molecule has 54 heavy (non-hydrogen) atoms. The summed E-state index contributed by atoms with van der Waals surface area (Å²) >= 11 is 0. The van der Waals surface area contributed by atoms with Crippen molar-refractivity contribution >= 4 is 51.1 Å². The lowest BCUT2D eigenvalue weighted by molar-refractivity contribution is -0.142. The zero-order valence-electron chi connectivity index (χ0n) is 30.8. The summed E-state index contributed by atoms with van der Waals surface area (Å²) in [5.74, 6) is -2.95. The van der Waals surface area contributed by atoms with Gasteiger partial charge < -0.3 is 37.0 Å². The second kappa shape index (κ2) is 18.6. The fraction of sp³-hybridized carbons (Fsp3) is 0.395. The highest BCUT2D eigenvalue weighted by Gasteiger charge is 2.43. The molecule has 3 aromatic carbocycles. The minimum Gasteiger partial charge on any atom is -0.480 e. The van der Waals surface area contributed by atoms with Crippen molar-refractivity contribution < 1.29 is 37.5 Å². The van der Waals surface area contributed by atoms with Crippen LogP contribution in [0.2, 0.25) is 0 Å². The number of nitrogens with two attached hydrogens (primary N) is 1. The van der Waals surface area contributed by atoms with Gasteiger partial charge in [-0.05, 0) is 73.6 Å². The first-order valence-electron chi connectivity index (χ1n) is 17.7. The Morgan fingerprint density at radius 1 is 0.944 bits per heavy atom. The van der Waals surface area contributed by atoms with Crippen molar-refractivity contribution in [2.45, 2.75) is 75.5 Å². The summed E-state index contributed by atoms with van der Waals surface area (Å²) < 4.78 is 27.6. The van der Waals surface area contributed by atoms with Crippen molar-refractivity contribution in [3.63, 3.8) is 0 Å². The number of carbonyl (C=O) groups excluding carboxylic acids is 4. The highest BCUT2D eigenvalue weighted by molar-refractivity contribution is 7.89. The van der Waals surface area contributed by atoms with Crippen LogP contribution in [0.5, 0.6) is 0 Å². The standard InChI is InChI=1S/C38H49N7O8S/c1-24(2)20-32(44(4)34(46)21-26-14-16-28(17-15-26)41-38(51)43-30-13-9-8-10-25(30)3)35(47)40-19-18-31(37(49)50)42-36(48)33-22-27(39)23-45(33)54(52,53)29-11-6-5-7-12-29/h5-17,24,27,31-33H,18-23,39H2,1-4H3,(H,40,47)(H,42,48)(H,49,50)(H2,41,43,51)/t27-,31+,32+,33?/m1/s1. The van der Waals surface area contributed by atoms with Gasteiger partial charge in [-0.25, -0.2) is 18.0 Å². The maximum absolute atomic E-state index is 13.4. The van der Waals surface area contributed by atoms with Gasteiger partial charge in [0.05, 0.1) is 11.3 Å². The number of carboxylic acid groups (broad SMARTS) is 1. The second-order valence-electron chi connectivity index (χ2n) is 13.8. The van der Waals surface area contributed by atoms with Crippen LogP contribution in [0.4, 0.5) is 16.2 Å². The lowest BCUT2D eigenvalue weighted by Gasteiger charge is -2.29. The van der Waals surface area contributed by atoms with Crippen LogP contribution in [0, 0.1) is 12.8 Å². The third-order valence-corrected chi connectivity index (χ3v) is 11.0. The molecular formula is C38H49N7O8S. The van der Waals surface area contributed by atoms with Gasteiger partial charge in [-0.2, -0.15) is 4.31 Å². The van der Waals surface area contributed by atoms with Crippen LogP contribution >= 0.6 is 0 Å².